The fourth-order valence-electron chi connectivity index (χ4n) is 1.87. The van der Waals surface area contributed by atoms with Crippen molar-refractivity contribution in [3.05, 3.63) is 36.0 Å². The maximum atomic E-state index is 12.3. The molecule has 1 heterocycles. The molecule has 2 nitrogen and oxygen atoms in total. The maximum absolute atomic E-state index is 12.3. The number of aromatic nitrogens is 1. The van der Waals surface area contributed by atoms with Crippen LogP contribution in [0.1, 0.15) is 5.56 Å². The Labute approximate surface area is 96.3 Å². The molecule has 0 amide bonds. The van der Waals surface area contributed by atoms with Crippen LogP contribution >= 0.6 is 0 Å². The number of alkyl halides is 3. The average molecular weight is 243 g/mol. The van der Waals surface area contributed by atoms with Crippen molar-refractivity contribution in [2.24, 2.45) is 7.05 Å². The molecule has 0 saturated heterocycles. The number of aliphatic hydroxyl groups is 1. The molecule has 2 rings (SSSR count). The topological polar surface area (TPSA) is 25.2 Å². The highest BCUT2D eigenvalue weighted by Crippen LogP contribution is 2.26. The van der Waals surface area contributed by atoms with Crippen LogP contribution in [0.4, 0.5) is 13.2 Å². The third kappa shape index (κ3) is 2.29. The fraction of sp³-hybridized carbons (Fsp3) is 0.333. The molecule has 0 fully saturated rings. The molecule has 0 saturated carbocycles. The van der Waals surface area contributed by atoms with Crippen molar-refractivity contribution in [1.29, 1.82) is 0 Å². The second-order valence-corrected chi connectivity index (χ2v) is 4.04. The van der Waals surface area contributed by atoms with Crippen LogP contribution in [0.3, 0.4) is 0 Å². The third-order valence-electron chi connectivity index (χ3n) is 2.81. The summed E-state index contributed by atoms with van der Waals surface area (Å²) in [7, 11) is 1.83. The Morgan fingerprint density at radius 3 is 2.65 bits per heavy atom. The normalized spacial score (nSPS) is 14.2. The van der Waals surface area contributed by atoms with Crippen molar-refractivity contribution in [1.82, 2.24) is 4.57 Å². The molecule has 1 unspecified atom stereocenters. The Balaban J connectivity index is 2.37. The summed E-state index contributed by atoms with van der Waals surface area (Å²) in [6, 6.07) is 6.89. The SMILES string of the molecule is Cn1ccc2c(CC(O)C(F)(F)F)cccc21. The van der Waals surface area contributed by atoms with Crippen molar-refractivity contribution in [3.63, 3.8) is 0 Å². The van der Waals surface area contributed by atoms with Gasteiger partial charge in [-0.25, -0.2) is 0 Å². The second-order valence-electron chi connectivity index (χ2n) is 4.04. The number of nitrogens with zero attached hydrogens (tertiary/aromatic N) is 1. The van der Waals surface area contributed by atoms with Crippen LogP contribution in [0.25, 0.3) is 10.9 Å². The molecule has 0 aliphatic heterocycles. The Kier molecular flexibility index (Phi) is 2.87. The van der Waals surface area contributed by atoms with Gasteiger partial charge < -0.3 is 9.67 Å². The first-order valence-electron chi connectivity index (χ1n) is 5.17. The van der Waals surface area contributed by atoms with E-state index in [1.807, 2.05) is 17.7 Å². The Hall–Kier alpha value is -1.49. The standard InChI is InChI=1S/C12H12F3NO/c1-16-6-5-9-8(3-2-4-10(9)16)7-11(17)12(13,14)15/h2-6,11,17H,7H2,1H3. The largest absolute Gasteiger partial charge is 0.414 e. The molecule has 0 aliphatic rings. The molecule has 5 heteroatoms. The van der Waals surface area contributed by atoms with Gasteiger partial charge in [-0.3, -0.25) is 0 Å². The fourth-order valence-corrected chi connectivity index (χ4v) is 1.87. The van der Waals surface area contributed by atoms with Crippen LogP contribution in [0, 0.1) is 0 Å². The van der Waals surface area contributed by atoms with Crippen molar-refractivity contribution in [2.75, 3.05) is 0 Å². The van der Waals surface area contributed by atoms with Gasteiger partial charge in [0.25, 0.3) is 0 Å². The Bertz CT molecular complexity index is 530. The summed E-state index contributed by atoms with van der Waals surface area (Å²) in [6.07, 6.45) is -5.51. The smallest absolute Gasteiger partial charge is 0.383 e. The van der Waals surface area contributed by atoms with E-state index in [4.69, 9.17) is 5.11 Å². The number of aliphatic hydroxyl groups excluding tert-OH is 1. The molecule has 0 aliphatic carbocycles. The minimum Gasteiger partial charge on any atom is -0.383 e. The van der Waals surface area contributed by atoms with Crippen LogP contribution in [-0.4, -0.2) is 22.0 Å². The number of benzene rings is 1. The van der Waals surface area contributed by atoms with Gasteiger partial charge in [0, 0.05) is 30.6 Å². The second kappa shape index (κ2) is 4.07. The number of hydrogen-bond acceptors (Lipinski definition) is 1. The summed E-state index contributed by atoms with van der Waals surface area (Å²) < 4.78 is 38.7. The minimum atomic E-state index is -4.57. The zero-order valence-corrected chi connectivity index (χ0v) is 9.20. The van der Waals surface area contributed by atoms with E-state index in [0.29, 0.717) is 5.56 Å². The Morgan fingerprint density at radius 2 is 2.00 bits per heavy atom. The summed E-state index contributed by atoms with van der Waals surface area (Å²) >= 11 is 0. The van der Waals surface area contributed by atoms with Crippen molar-refractivity contribution >= 4 is 10.9 Å². The van der Waals surface area contributed by atoms with Gasteiger partial charge in [0.15, 0.2) is 6.10 Å². The van der Waals surface area contributed by atoms with Crippen LogP contribution in [0.5, 0.6) is 0 Å². The summed E-state index contributed by atoms with van der Waals surface area (Å²) in [5.74, 6) is 0. The highest BCUT2D eigenvalue weighted by Gasteiger charge is 2.38. The van der Waals surface area contributed by atoms with E-state index in [2.05, 4.69) is 0 Å². The number of rotatable bonds is 2. The number of halogens is 3. The lowest BCUT2D eigenvalue weighted by Gasteiger charge is -2.15. The van der Waals surface area contributed by atoms with E-state index in [0.717, 1.165) is 10.9 Å². The van der Waals surface area contributed by atoms with Gasteiger partial charge >= 0.3 is 6.18 Å². The van der Waals surface area contributed by atoms with Gasteiger partial charge in [-0.05, 0) is 17.7 Å². The van der Waals surface area contributed by atoms with Crippen molar-refractivity contribution in [3.8, 4) is 0 Å². The molecule has 1 N–H and O–H groups in total. The molecule has 1 aromatic heterocycles. The molecule has 0 spiro atoms. The number of fused-ring (bicyclic) bond motifs is 1. The van der Waals surface area contributed by atoms with Crippen LogP contribution in [0.2, 0.25) is 0 Å². The average Bonchev–Trinajstić information content (AvgIpc) is 2.60. The van der Waals surface area contributed by atoms with Gasteiger partial charge in [0.05, 0.1) is 0 Å². The van der Waals surface area contributed by atoms with E-state index >= 15 is 0 Å². The van der Waals surface area contributed by atoms with E-state index in [1.54, 1.807) is 24.4 Å². The molecule has 1 aromatic carbocycles. The lowest BCUT2D eigenvalue weighted by atomic mass is 10.0. The summed E-state index contributed by atoms with van der Waals surface area (Å²) in [6.45, 7) is 0. The van der Waals surface area contributed by atoms with Crippen LogP contribution < -0.4 is 0 Å². The lowest BCUT2D eigenvalue weighted by molar-refractivity contribution is -0.202. The van der Waals surface area contributed by atoms with E-state index < -0.39 is 18.7 Å². The highest BCUT2D eigenvalue weighted by molar-refractivity contribution is 5.83. The number of aryl methyl sites for hydroxylation is 1. The predicted molar refractivity (Wildman–Crippen MR) is 58.7 cm³/mol. The quantitative estimate of drug-likeness (QED) is 0.861. The van der Waals surface area contributed by atoms with Gasteiger partial charge in [-0.1, -0.05) is 12.1 Å². The molecule has 1 atom stereocenters. The zero-order chi connectivity index (χ0) is 12.6. The molecular formula is C12H12F3NO. The first kappa shape index (κ1) is 12.0. The first-order chi connectivity index (χ1) is 7.89. The zero-order valence-electron chi connectivity index (χ0n) is 9.20. The lowest BCUT2D eigenvalue weighted by Crippen LogP contribution is -2.30. The molecule has 92 valence electrons. The van der Waals surface area contributed by atoms with E-state index in [-0.39, 0.29) is 0 Å². The summed E-state index contributed by atoms with van der Waals surface area (Å²) in [5, 5.41) is 9.82. The molecular weight excluding hydrogens is 231 g/mol. The highest BCUT2D eigenvalue weighted by atomic mass is 19.4. The first-order valence-corrected chi connectivity index (χ1v) is 5.17. The molecule has 0 radical (unpaired) electrons. The maximum Gasteiger partial charge on any atom is 0.414 e. The van der Waals surface area contributed by atoms with Gasteiger partial charge in [0.1, 0.15) is 0 Å². The van der Waals surface area contributed by atoms with Crippen molar-refractivity contribution < 1.29 is 18.3 Å². The molecule has 17 heavy (non-hydrogen) atoms. The minimum absolute atomic E-state index is 0.412. The number of hydrogen-bond donors (Lipinski definition) is 1. The van der Waals surface area contributed by atoms with Crippen LogP contribution in [0.15, 0.2) is 30.5 Å². The summed E-state index contributed by atoms with van der Waals surface area (Å²) in [5.41, 5.74) is 1.37. The monoisotopic (exact) mass is 243 g/mol. The molecule has 2 aromatic rings. The molecule has 0 bridgehead atoms. The van der Waals surface area contributed by atoms with Gasteiger partial charge in [0.2, 0.25) is 0 Å². The predicted octanol–water partition coefficient (Wildman–Crippen LogP) is 2.64. The van der Waals surface area contributed by atoms with Crippen LogP contribution in [-0.2, 0) is 13.5 Å². The third-order valence-corrected chi connectivity index (χ3v) is 2.81. The van der Waals surface area contributed by atoms with Gasteiger partial charge in [-0.2, -0.15) is 13.2 Å². The Morgan fingerprint density at radius 1 is 1.29 bits per heavy atom. The van der Waals surface area contributed by atoms with E-state index in [9.17, 15) is 13.2 Å². The van der Waals surface area contributed by atoms with Gasteiger partial charge in [-0.15, -0.1) is 0 Å². The summed E-state index contributed by atoms with van der Waals surface area (Å²) in [4.78, 5) is 0. The van der Waals surface area contributed by atoms with E-state index in [1.165, 1.54) is 0 Å². The van der Waals surface area contributed by atoms with Crippen molar-refractivity contribution in [2.45, 2.75) is 18.7 Å².